The van der Waals surface area contributed by atoms with Gasteiger partial charge in [-0.25, -0.2) is 0 Å². The van der Waals surface area contributed by atoms with E-state index in [1.807, 2.05) is 0 Å². The highest BCUT2D eigenvalue weighted by molar-refractivity contribution is 5.95. The molecule has 25 nitrogen and oxygen atoms in total. The van der Waals surface area contributed by atoms with Crippen LogP contribution < -0.4 is 26.6 Å². The molecule has 0 rings (SSSR count). The van der Waals surface area contributed by atoms with Gasteiger partial charge in [-0.1, -0.05) is 55.4 Å². The summed E-state index contributed by atoms with van der Waals surface area (Å²) in [6.45, 7) is 12.5. The molecular weight excluding hydrogens is 1240 g/mol. The highest BCUT2D eigenvalue weighted by Crippen LogP contribution is 2.24. The maximum atomic E-state index is 14.7. The fraction of sp³-hybridized carbons (Fsp3) is 0.761. The van der Waals surface area contributed by atoms with Gasteiger partial charge in [0.15, 0.2) is 17.3 Å². The van der Waals surface area contributed by atoms with Crippen molar-refractivity contribution in [2.24, 2.45) is 23.7 Å². The molecule has 6 N–H and O–H groups in total. The highest BCUT2D eigenvalue weighted by atomic mass is 16.5. The molecule has 0 aliphatic rings. The molecule has 25 heteroatoms. The number of ketones is 13. The van der Waals surface area contributed by atoms with Gasteiger partial charge in [0.1, 0.15) is 70.5 Å². The number of aliphatic carboxylic acids is 1. The number of nitrogens with one attached hydrogen (secondary N) is 5. The highest BCUT2D eigenvalue weighted by Gasteiger charge is 2.32. The first kappa shape index (κ1) is 89.4. The van der Waals surface area contributed by atoms with Gasteiger partial charge < -0.3 is 41.2 Å². The van der Waals surface area contributed by atoms with Crippen LogP contribution in [-0.4, -0.2) is 175 Å². The summed E-state index contributed by atoms with van der Waals surface area (Å²) < 4.78 is 11.1. The predicted octanol–water partition coefficient (Wildman–Crippen LogP) is 6.85. The standard InChI is InChI=1S/C71H115N5O20/c1-10-51(77)25-18-47(62(84)14-5)21-28-55(81)31-34-59(66(88)37-23-49(64(86)16-7)20-27-53(79)12-3)75-69(91)38-24-50(44-57(83)46-96-43-42-95-41-40-73-68(90)39-36-61(72-9)71(93)94)70(92)76-60(67(89)45-74-58(65(87)17-8)33-30-54(80)13-4)35-32-56(82)29-22-48(63(85)15-6)19-26-52(78)11-2/h47-50,58-61,72,74H,10-46H2,1-9H3,(H,73,90)(H,75,91)(H,76,92)(H,93,94). The largest absolute Gasteiger partial charge is 0.480 e. The Balaban J connectivity index is 7.13. The van der Waals surface area contributed by atoms with Crippen LogP contribution in [0, 0.1) is 23.7 Å². The molecular formula is C71H115N5O20. The Kier molecular flexibility index (Phi) is 49.8. The summed E-state index contributed by atoms with van der Waals surface area (Å²) in [6.07, 6.45) is 0.849. The number of Topliss-reactive ketones (excluding diaryl/α,β-unsaturated/α-hetero) is 13. The zero-order valence-electron chi connectivity index (χ0n) is 59.0. The van der Waals surface area contributed by atoms with E-state index in [-0.39, 0.29) is 263 Å². The second kappa shape index (κ2) is 53.5. The predicted molar refractivity (Wildman–Crippen MR) is 358 cm³/mol. The van der Waals surface area contributed by atoms with Gasteiger partial charge >= 0.3 is 5.97 Å². The molecule has 8 atom stereocenters. The van der Waals surface area contributed by atoms with E-state index in [4.69, 9.17) is 9.47 Å². The van der Waals surface area contributed by atoms with Crippen molar-refractivity contribution in [2.45, 2.75) is 279 Å². The second-order valence-electron chi connectivity index (χ2n) is 24.6. The van der Waals surface area contributed by atoms with Crippen molar-refractivity contribution in [3.8, 4) is 0 Å². The van der Waals surface area contributed by atoms with Gasteiger partial charge in [0, 0.05) is 159 Å². The summed E-state index contributed by atoms with van der Waals surface area (Å²) in [5.41, 5.74) is 0. The average Bonchev–Trinajstić information content (AvgIpc) is 1.26. The summed E-state index contributed by atoms with van der Waals surface area (Å²) >= 11 is 0. The topological polar surface area (TPSA) is 389 Å². The fourth-order valence-electron chi connectivity index (χ4n) is 10.8. The van der Waals surface area contributed by atoms with E-state index in [9.17, 15) is 86.6 Å². The summed E-state index contributed by atoms with van der Waals surface area (Å²) in [5.74, 6) is -9.53. The molecule has 0 radical (unpaired) electrons. The molecule has 0 saturated carbocycles. The smallest absolute Gasteiger partial charge is 0.320 e. The lowest BCUT2D eigenvalue weighted by molar-refractivity contribution is -0.140. The van der Waals surface area contributed by atoms with Crippen LogP contribution in [0.4, 0.5) is 0 Å². The Hall–Kier alpha value is -6.57. The Labute approximate surface area is 568 Å². The summed E-state index contributed by atoms with van der Waals surface area (Å²) in [5, 5.41) is 22.8. The van der Waals surface area contributed by atoms with Gasteiger partial charge in [0.05, 0.1) is 44.5 Å². The maximum absolute atomic E-state index is 14.7. The number of hydrogen-bond acceptors (Lipinski definition) is 21. The normalized spacial score (nSPS) is 13.7. The average molecular weight is 1360 g/mol. The molecule has 96 heavy (non-hydrogen) atoms. The number of ether oxygens (including phenoxy) is 2. The van der Waals surface area contributed by atoms with Crippen LogP contribution in [0.1, 0.15) is 254 Å². The summed E-state index contributed by atoms with van der Waals surface area (Å²) in [6, 6.07) is -4.51. The van der Waals surface area contributed by atoms with Crippen LogP contribution in [0.5, 0.6) is 0 Å². The zero-order valence-corrected chi connectivity index (χ0v) is 59.0. The van der Waals surface area contributed by atoms with Gasteiger partial charge in [0.25, 0.3) is 0 Å². The number of likely N-dealkylation sites (N-methyl/N-ethyl adjacent to an activating group) is 1. The van der Waals surface area contributed by atoms with Crippen LogP contribution >= 0.6 is 0 Å². The quantitative estimate of drug-likeness (QED) is 0.0339. The van der Waals surface area contributed by atoms with Crippen molar-refractivity contribution in [1.82, 2.24) is 26.6 Å². The second-order valence-corrected chi connectivity index (χ2v) is 24.6. The molecule has 8 unspecified atom stereocenters. The van der Waals surface area contributed by atoms with Crippen molar-refractivity contribution >= 4 is 98.9 Å². The maximum Gasteiger partial charge on any atom is 0.320 e. The fourth-order valence-corrected chi connectivity index (χ4v) is 10.8. The minimum Gasteiger partial charge on any atom is -0.480 e. The lowest BCUT2D eigenvalue weighted by atomic mass is 9.87. The van der Waals surface area contributed by atoms with E-state index in [0.29, 0.717) is 12.8 Å². The van der Waals surface area contributed by atoms with Crippen molar-refractivity contribution in [3.63, 3.8) is 0 Å². The molecule has 0 aromatic carbocycles. The van der Waals surface area contributed by atoms with Gasteiger partial charge in [-0.3, -0.25) is 81.5 Å². The van der Waals surface area contributed by atoms with Crippen LogP contribution in [-0.2, 0) is 91.0 Å². The van der Waals surface area contributed by atoms with E-state index in [2.05, 4.69) is 26.6 Å². The molecule has 0 bridgehead atoms. The summed E-state index contributed by atoms with van der Waals surface area (Å²) in [7, 11) is 1.47. The number of amides is 3. The lowest BCUT2D eigenvalue weighted by Gasteiger charge is -2.24. The molecule has 0 aliphatic carbocycles. The first-order chi connectivity index (χ1) is 45.7. The summed E-state index contributed by atoms with van der Waals surface area (Å²) in [4.78, 5) is 222. The third kappa shape index (κ3) is 40.9. The number of rotatable bonds is 65. The number of carboxylic acids is 1. The molecule has 0 saturated heterocycles. The first-order valence-corrected chi connectivity index (χ1v) is 35.1. The van der Waals surface area contributed by atoms with Gasteiger partial charge in [-0.2, -0.15) is 0 Å². The molecule has 0 aromatic rings. The monoisotopic (exact) mass is 1360 g/mol. The van der Waals surface area contributed by atoms with Crippen LogP contribution in [0.3, 0.4) is 0 Å². The van der Waals surface area contributed by atoms with Crippen molar-refractivity contribution in [3.05, 3.63) is 0 Å². The third-order valence-electron chi connectivity index (χ3n) is 17.5. The molecule has 544 valence electrons. The Bertz CT molecular complexity index is 2550. The van der Waals surface area contributed by atoms with Crippen LogP contribution in [0.2, 0.25) is 0 Å². The van der Waals surface area contributed by atoms with Crippen LogP contribution in [0.25, 0.3) is 0 Å². The minimum atomic E-state index is -1.42. The molecule has 0 fully saturated rings. The van der Waals surface area contributed by atoms with Gasteiger partial charge in [0.2, 0.25) is 17.7 Å². The SMILES string of the molecule is CCC(=O)CCC(CCC(=O)CCC(NC(=O)CCC(CC(=O)COCCOCCNC(=O)CCC(NC)C(=O)O)C(=O)NC(CCC(=O)CCC(CCC(=O)CC)C(=O)CC)C(=O)CNC(CCC(=O)CC)C(=O)CC)C(=O)CCC(CCC(=O)CC)C(=O)CC)C(=O)CC. The molecule has 0 heterocycles. The molecule has 0 aromatic heterocycles. The van der Waals surface area contributed by atoms with Crippen molar-refractivity contribution in [1.29, 1.82) is 0 Å². The molecule has 0 spiro atoms. The molecule has 0 aliphatic heterocycles. The van der Waals surface area contributed by atoms with Crippen molar-refractivity contribution < 1.29 is 96.1 Å². The van der Waals surface area contributed by atoms with E-state index < -0.39 is 109 Å². The molecule has 3 amide bonds. The number of carbonyl (C=O) groups is 17. The Morgan fingerprint density at radius 2 is 0.708 bits per heavy atom. The Morgan fingerprint density at radius 3 is 1.15 bits per heavy atom. The van der Waals surface area contributed by atoms with E-state index in [0.717, 1.165) is 0 Å². The van der Waals surface area contributed by atoms with Gasteiger partial charge in [-0.05, 0) is 77.7 Å². The number of carbonyl (C=O) groups excluding carboxylic acids is 16. The first-order valence-electron chi connectivity index (χ1n) is 35.1. The van der Waals surface area contributed by atoms with Crippen LogP contribution in [0.15, 0.2) is 0 Å². The van der Waals surface area contributed by atoms with Crippen molar-refractivity contribution in [2.75, 3.05) is 46.6 Å². The number of hydrogen-bond donors (Lipinski definition) is 6. The van der Waals surface area contributed by atoms with E-state index in [1.54, 1.807) is 55.4 Å². The lowest BCUT2D eigenvalue weighted by Crippen LogP contribution is -2.49. The number of carboxylic acid groups (broad SMARTS) is 1. The van der Waals surface area contributed by atoms with E-state index >= 15 is 0 Å². The Morgan fingerprint density at radius 1 is 0.333 bits per heavy atom. The third-order valence-corrected chi connectivity index (χ3v) is 17.5. The van der Waals surface area contributed by atoms with Gasteiger partial charge in [-0.15, -0.1) is 0 Å². The minimum absolute atomic E-state index is 0.0173. The van der Waals surface area contributed by atoms with E-state index in [1.165, 1.54) is 7.05 Å². The zero-order chi connectivity index (χ0) is 72.5.